The first-order valence-corrected chi connectivity index (χ1v) is 6.09. The molecule has 2 atom stereocenters. The van der Waals surface area contributed by atoms with Gasteiger partial charge in [0.05, 0.1) is 12.7 Å². The predicted molar refractivity (Wildman–Crippen MR) is 71.2 cm³/mol. The highest BCUT2D eigenvalue weighted by Crippen LogP contribution is 2.26. The van der Waals surface area contributed by atoms with Gasteiger partial charge in [0, 0.05) is 27.4 Å². The first-order chi connectivity index (χ1) is 9.11. The second kappa shape index (κ2) is 7.22. The SMILES string of the molecule is CN(C)c1ccn(C2CCC(CO)O2)c(=O)n1.CO. The maximum atomic E-state index is 11.8. The monoisotopic (exact) mass is 271 g/mol. The van der Waals surface area contributed by atoms with E-state index in [0.29, 0.717) is 5.82 Å². The minimum atomic E-state index is -0.320. The average molecular weight is 271 g/mol. The summed E-state index contributed by atoms with van der Waals surface area (Å²) in [6.07, 6.45) is 2.72. The van der Waals surface area contributed by atoms with Gasteiger partial charge in [0.15, 0.2) is 0 Å². The molecule has 1 aliphatic rings. The molecule has 0 aliphatic carbocycles. The molecule has 1 aromatic rings. The van der Waals surface area contributed by atoms with Crippen molar-refractivity contribution in [3.05, 3.63) is 22.7 Å². The van der Waals surface area contributed by atoms with Crippen LogP contribution in [0.15, 0.2) is 17.1 Å². The highest BCUT2D eigenvalue weighted by atomic mass is 16.5. The maximum Gasteiger partial charge on any atom is 0.351 e. The fourth-order valence-corrected chi connectivity index (χ4v) is 1.90. The molecule has 1 aliphatic heterocycles. The molecule has 1 aromatic heterocycles. The Morgan fingerprint density at radius 1 is 1.47 bits per heavy atom. The largest absolute Gasteiger partial charge is 0.400 e. The molecule has 7 nitrogen and oxygen atoms in total. The van der Waals surface area contributed by atoms with Crippen molar-refractivity contribution in [2.45, 2.75) is 25.2 Å². The van der Waals surface area contributed by atoms with E-state index < -0.39 is 0 Å². The maximum absolute atomic E-state index is 11.8. The summed E-state index contributed by atoms with van der Waals surface area (Å²) in [5, 5.41) is 16.0. The van der Waals surface area contributed by atoms with E-state index in [-0.39, 0.29) is 24.6 Å². The van der Waals surface area contributed by atoms with Crippen LogP contribution in [0.3, 0.4) is 0 Å². The fourth-order valence-electron chi connectivity index (χ4n) is 1.90. The molecule has 0 spiro atoms. The summed E-state index contributed by atoms with van der Waals surface area (Å²) in [4.78, 5) is 17.5. The first-order valence-electron chi connectivity index (χ1n) is 6.09. The van der Waals surface area contributed by atoms with Crippen LogP contribution in [0.4, 0.5) is 5.82 Å². The van der Waals surface area contributed by atoms with E-state index in [1.54, 1.807) is 17.2 Å². The van der Waals surface area contributed by atoms with Gasteiger partial charge in [-0.2, -0.15) is 4.98 Å². The van der Waals surface area contributed by atoms with Gasteiger partial charge >= 0.3 is 5.69 Å². The number of aliphatic hydroxyl groups is 2. The van der Waals surface area contributed by atoms with Crippen molar-refractivity contribution in [3.8, 4) is 0 Å². The molecular formula is C12H21N3O4. The zero-order chi connectivity index (χ0) is 14.4. The minimum absolute atomic E-state index is 0.00550. The normalized spacial score (nSPS) is 21.7. The molecule has 2 heterocycles. The van der Waals surface area contributed by atoms with Crippen LogP contribution >= 0.6 is 0 Å². The summed E-state index contributed by atoms with van der Waals surface area (Å²) in [6, 6.07) is 1.77. The van der Waals surface area contributed by atoms with E-state index in [2.05, 4.69) is 4.98 Å². The molecule has 1 fully saturated rings. The average Bonchev–Trinajstić information content (AvgIpc) is 2.89. The quantitative estimate of drug-likeness (QED) is 0.777. The molecule has 2 unspecified atom stereocenters. The topological polar surface area (TPSA) is 87.8 Å². The highest BCUT2D eigenvalue weighted by Gasteiger charge is 2.26. The van der Waals surface area contributed by atoms with Crippen LogP contribution in [-0.2, 0) is 4.74 Å². The smallest absolute Gasteiger partial charge is 0.351 e. The van der Waals surface area contributed by atoms with Crippen molar-refractivity contribution in [2.75, 3.05) is 32.7 Å². The molecule has 19 heavy (non-hydrogen) atoms. The molecule has 0 radical (unpaired) electrons. The molecule has 108 valence electrons. The lowest BCUT2D eigenvalue weighted by molar-refractivity contribution is -0.0245. The van der Waals surface area contributed by atoms with Gasteiger partial charge in [-0.1, -0.05) is 0 Å². The van der Waals surface area contributed by atoms with Crippen molar-refractivity contribution in [1.29, 1.82) is 0 Å². The van der Waals surface area contributed by atoms with Gasteiger partial charge in [-0.05, 0) is 18.9 Å². The number of hydrogen-bond acceptors (Lipinski definition) is 6. The summed E-state index contributed by atoms with van der Waals surface area (Å²) in [6.45, 7) is -0.00550. The van der Waals surface area contributed by atoms with Gasteiger partial charge in [-0.15, -0.1) is 0 Å². The van der Waals surface area contributed by atoms with Gasteiger partial charge in [0.1, 0.15) is 12.0 Å². The van der Waals surface area contributed by atoms with E-state index >= 15 is 0 Å². The van der Waals surface area contributed by atoms with Gasteiger partial charge in [-0.25, -0.2) is 4.79 Å². The Morgan fingerprint density at radius 2 is 2.16 bits per heavy atom. The van der Waals surface area contributed by atoms with Crippen LogP contribution in [-0.4, -0.2) is 53.7 Å². The van der Waals surface area contributed by atoms with E-state index in [1.165, 1.54) is 4.57 Å². The zero-order valence-corrected chi connectivity index (χ0v) is 11.5. The Labute approximate surface area is 112 Å². The third kappa shape index (κ3) is 3.76. The van der Waals surface area contributed by atoms with Crippen LogP contribution in [0.25, 0.3) is 0 Å². The number of aromatic nitrogens is 2. The summed E-state index contributed by atoms with van der Waals surface area (Å²) < 4.78 is 7.01. The Morgan fingerprint density at radius 3 is 2.63 bits per heavy atom. The second-order valence-electron chi connectivity index (χ2n) is 4.34. The fraction of sp³-hybridized carbons (Fsp3) is 0.667. The number of ether oxygens (including phenoxy) is 1. The molecule has 1 saturated heterocycles. The summed E-state index contributed by atoms with van der Waals surface area (Å²) in [5.41, 5.74) is -0.320. The van der Waals surface area contributed by atoms with Gasteiger partial charge < -0.3 is 19.8 Å². The number of aliphatic hydroxyl groups excluding tert-OH is 2. The molecule has 2 N–H and O–H groups in total. The lowest BCUT2D eigenvalue weighted by Crippen LogP contribution is -2.29. The van der Waals surface area contributed by atoms with Crippen LogP contribution < -0.4 is 10.6 Å². The number of anilines is 1. The number of rotatable bonds is 3. The van der Waals surface area contributed by atoms with Gasteiger partial charge in [0.2, 0.25) is 0 Å². The third-order valence-corrected chi connectivity index (χ3v) is 2.87. The summed E-state index contributed by atoms with van der Waals surface area (Å²) >= 11 is 0. The van der Waals surface area contributed by atoms with E-state index in [0.717, 1.165) is 20.0 Å². The van der Waals surface area contributed by atoms with E-state index in [9.17, 15) is 4.79 Å². The van der Waals surface area contributed by atoms with Crippen LogP contribution in [0.5, 0.6) is 0 Å². The molecule has 2 rings (SSSR count). The molecule has 0 saturated carbocycles. The zero-order valence-electron chi connectivity index (χ0n) is 11.5. The van der Waals surface area contributed by atoms with Crippen LogP contribution in [0, 0.1) is 0 Å². The van der Waals surface area contributed by atoms with Gasteiger partial charge in [0.25, 0.3) is 0 Å². The standard InChI is InChI=1S/C11H17N3O3.CH4O/c1-13(2)9-5-6-14(11(16)12-9)10-4-3-8(7-15)17-10;1-2/h5-6,8,10,15H,3-4,7H2,1-2H3;2H,1H3. The van der Waals surface area contributed by atoms with E-state index in [4.69, 9.17) is 14.9 Å². The third-order valence-electron chi connectivity index (χ3n) is 2.87. The van der Waals surface area contributed by atoms with Crippen LogP contribution in [0.2, 0.25) is 0 Å². The van der Waals surface area contributed by atoms with Crippen LogP contribution in [0.1, 0.15) is 19.1 Å². The molecule has 0 aromatic carbocycles. The van der Waals surface area contributed by atoms with Gasteiger partial charge in [-0.3, -0.25) is 4.57 Å². The Hall–Kier alpha value is -1.44. The van der Waals surface area contributed by atoms with E-state index in [1.807, 2.05) is 14.1 Å². The van der Waals surface area contributed by atoms with Crippen molar-refractivity contribution in [3.63, 3.8) is 0 Å². The molecule has 0 bridgehead atoms. The second-order valence-corrected chi connectivity index (χ2v) is 4.34. The van der Waals surface area contributed by atoms with Crippen molar-refractivity contribution in [2.24, 2.45) is 0 Å². The predicted octanol–water partition coefficient (Wildman–Crippen LogP) is -0.412. The van der Waals surface area contributed by atoms with Crippen molar-refractivity contribution < 1.29 is 14.9 Å². The lowest BCUT2D eigenvalue weighted by Gasteiger charge is -2.16. The number of nitrogens with zero attached hydrogens (tertiary/aromatic N) is 3. The molecule has 7 heteroatoms. The lowest BCUT2D eigenvalue weighted by atomic mass is 10.2. The highest BCUT2D eigenvalue weighted by molar-refractivity contribution is 5.33. The molecule has 0 amide bonds. The Bertz CT molecular complexity index is 447. The minimum Gasteiger partial charge on any atom is -0.400 e. The summed E-state index contributed by atoms with van der Waals surface area (Å²) in [5.74, 6) is 0.628. The first kappa shape index (κ1) is 15.6. The number of hydrogen-bond donors (Lipinski definition) is 2. The summed E-state index contributed by atoms with van der Waals surface area (Å²) in [7, 11) is 4.67. The Balaban J connectivity index is 0.000000861. The Kier molecular flexibility index (Phi) is 5.94. The molecular weight excluding hydrogens is 250 g/mol. The van der Waals surface area contributed by atoms with Crippen molar-refractivity contribution in [1.82, 2.24) is 9.55 Å². The van der Waals surface area contributed by atoms with Crippen molar-refractivity contribution >= 4 is 5.82 Å².